The summed E-state index contributed by atoms with van der Waals surface area (Å²) in [5.41, 5.74) is 1.58. The molecule has 14 heteroatoms. The third kappa shape index (κ3) is 8.02. The Kier molecular flexibility index (Phi) is 10.7. The second-order valence-corrected chi connectivity index (χ2v) is 17.7. The topological polar surface area (TPSA) is 171 Å². The number of carbonyl (C=O) groups is 5. The maximum absolute atomic E-state index is 14.7. The van der Waals surface area contributed by atoms with E-state index in [1.807, 2.05) is 18.2 Å². The first-order chi connectivity index (χ1) is 25.5. The minimum atomic E-state index is -3.89. The number of carbonyl (C=O) groups excluding carboxylic acids is 5. The van der Waals surface area contributed by atoms with E-state index in [9.17, 15) is 32.4 Å². The highest BCUT2D eigenvalue weighted by Gasteiger charge is 2.62. The van der Waals surface area contributed by atoms with Crippen molar-refractivity contribution in [2.24, 2.45) is 11.8 Å². The van der Waals surface area contributed by atoms with Gasteiger partial charge in [-0.25, -0.2) is 13.2 Å². The lowest BCUT2D eigenvalue weighted by atomic mass is 9.83. The molecule has 3 saturated carbocycles. The first-order valence-corrected chi connectivity index (χ1v) is 20.9. The van der Waals surface area contributed by atoms with Crippen LogP contribution in [-0.2, 0) is 47.0 Å². The summed E-state index contributed by atoms with van der Waals surface area (Å²) >= 11 is 0. The number of fused-ring (bicyclic) bond motifs is 3. The zero-order chi connectivity index (χ0) is 37.3. The number of hydrogen-bond acceptors (Lipinski definition) is 8. The van der Waals surface area contributed by atoms with E-state index in [4.69, 9.17) is 4.74 Å². The van der Waals surface area contributed by atoms with Crippen LogP contribution >= 0.6 is 0 Å². The van der Waals surface area contributed by atoms with Crippen LogP contribution in [0.2, 0.25) is 0 Å². The molecule has 53 heavy (non-hydrogen) atoms. The van der Waals surface area contributed by atoms with Gasteiger partial charge in [-0.1, -0.05) is 62.1 Å². The van der Waals surface area contributed by atoms with E-state index in [2.05, 4.69) is 34.1 Å². The summed E-state index contributed by atoms with van der Waals surface area (Å²) in [6.45, 7) is 4.45. The Morgan fingerprint density at radius 2 is 1.77 bits per heavy atom. The zero-order valence-corrected chi connectivity index (χ0v) is 31.0. The minimum Gasteiger partial charge on any atom is -0.444 e. The summed E-state index contributed by atoms with van der Waals surface area (Å²) in [4.78, 5) is 72.5. The fraction of sp³-hybridized carbons (Fsp3) is 0.615. The van der Waals surface area contributed by atoms with Gasteiger partial charge in [0.05, 0.1) is 18.3 Å². The van der Waals surface area contributed by atoms with Crippen LogP contribution in [0.4, 0.5) is 4.79 Å². The van der Waals surface area contributed by atoms with Gasteiger partial charge in [0.25, 0.3) is 5.91 Å². The molecule has 3 aliphatic carbocycles. The van der Waals surface area contributed by atoms with E-state index >= 15 is 0 Å². The molecule has 7 rings (SSSR count). The van der Waals surface area contributed by atoms with Gasteiger partial charge in [0.2, 0.25) is 27.7 Å². The SMILES string of the molecule is C=C[C@H]1C[C@]1(NC(=O)[C@@H]1C[C@@H]2CN1C(=O)[C@H](C1CCCCC1)NC(=O)CCCCC/C=C/c1cccc3c1CN(C3)C(=O)O2)C(=O)NS(=O)(=O)C1CC1. The summed E-state index contributed by atoms with van der Waals surface area (Å²) in [5.74, 6) is -2.76. The quantitative estimate of drug-likeness (QED) is 0.354. The lowest BCUT2D eigenvalue weighted by Crippen LogP contribution is -2.59. The molecule has 286 valence electrons. The second kappa shape index (κ2) is 15.3. The van der Waals surface area contributed by atoms with Crippen LogP contribution in [-0.4, -0.2) is 83.5 Å². The normalized spacial score (nSPS) is 30.5. The molecule has 4 bridgehead atoms. The molecule has 3 N–H and O–H groups in total. The Bertz CT molecular complexity index is 1790. The lowest BCUT2D eigenvalue weighted by molar-refractivity contribution is -0.143. The molecule has 0 unspecified atom stereocenters. The standard InChI is InChI=1S/C39H51N5O8S/c1-2-28-21-39(28,37(48)42-53(50,51)30-18-19-30)41-35(46)32-20-29-23-44(32)36(47)34(26-13-8-6-9-14-26)40-33(45)17-10-5-3-4-7-12-25-15-11-16-27-22-43(24-31(25)27)38(49)52-29/h2,7,11-12,15-16,26,28-30,32,34H,1,3-6,8-10,13-14,17-24H2,(H,40,45)(H,41,46)(H,42,48)/b12-7+/t28-,29+,32-,34-,39+/m0/s1. The van der Waals surface area contributed by atoms with Crippen LogP contribution < -0.4 is 15.4 Å². The van der Waals surface area contributed by atoms with E-state index in [1.165, 1.54) is 11.0 Å². The lowest BCUT2D eigenvalue weighted by Gasteiger charge is -2.35. The van der Waals surface area contributed by atoms with Gasteiger partial charge in [-0.2, -0.15) is 0 Å². The molecule has 0 aromatic heterocycles. The van der Waals surface area contributed by atoms with E-state index in [0.717, 1.165) is 68.1 Å². The van der Waals surface area contributed by atoms with Crippen LogP contribution in [0.1, 0.15) is 107 Å². The van der Waals surface area contributed by atoms with Gasteiger partial charge in [-0.05, 0) is 74.0 Å². The Balaban J connectivity index is 1.16. The number of sulfonamides is 1. The van der Waals surface area contributed by atoms with Crippen molar-refractivity contribution in [3.8, 4) is 0 Å². The van der Waals surface area contributed by atoms with Gasteiger partial charge in [-0.15, -0.1) is 6.58 Å². The summed E-state index contributed by atoms with van der Waals surface area (Å²) in [7, 11) is -3.89. The molecule has 5 amide bonds. The largest absolute Gasteiger partial charge is 0.444 e. The number of nitrogens with one attached hydrogen (secondary N) is 3. The molecule has 3 aliphatic heterocycles. The van der Waals surface area contributed by atoms with Crippen molar-refractivity contribution < 1.29 is 37.1 Å². The molecule has 4 fully saturated rings. The summed E-state index contributed by atoms with van der Waals surface area (Å²) in [6.07, 6.45) is 13.3. The van der Waals surface area contributed by atoms with Crippen molar-refractivity contribution >= 4 is 45.8 Å². The average Bonchev–Trinajstić information content (AvgIpc) is 4.04. The fourth-order valence-corrected chi connectivity index (χ4v) is 9.92. The molecule has 13 nitrogen and oxygen atoms in total. The molecule has 6 aliphatic rings. The first-order valence-electron chi connectivity index (χ1n) is 19.3. The molecule has 1 aromatic rings. The zero-order valence-electron chi connectivity index (χ0n) is 30.2. The number of ether oxygens (including phenoxy) is 1. The van der Waals surface area contributed by atoms with Crippen LogP contribution in [0, 0.1) is 11.8 Å². The maximum atomic E-state index is 14.7. The van der Waals surface area contributed by atoms with Crippen LogP contribution in [0.25, 0.3) is 6.08 Å². The monoisotopic (exact) mass is 749 g/mol. The molecule has 0 radical (unpaired) electrons. The fourth-order valence-electron chi connectivity index (χ4n) is 8.55. The number of amides is 5. The Labute approximate surface area is 311 Å². The van der Waals surface area contributed by atoms with Gasteiger partial charge in [-0.3, -0.25) is 28.8 Å². The van der Waals surface area contributed by atoms with Gasteiger partial charge >= 0.3 is 6.09 Å². The molecule has 3 heterocycles. The van der Waals surface area contributed by atoms with Gasteiger partial charge in [0.1, 0.15) is 23.7 Å². The van der Waals surface area contributed by atoms with Crippen LogP contribution in [0.3, 0.4) is 0 Å². The first kappa shape index (κ1) is 37.1. The summed E-state index contributed by atoms with van der Waals surface area (Å²) in [5, 5.41) is 5.21. The van der Waals surface area contributed by atoms with Gasteiger partial charge in [0.15, 0.2) is 0 Å². The molecular formula is C39H51N5O8S. The average molecular weight is 750 g/mol. The molecule has 1 saturated heterocycles. The van der Waals surface area contributed by atoms with Crippen LogP contribution in [0.5, 0.6) is 0 Å². The third-order valence-corrected chi connectivity index (χ3v) is 13.7. The van der Waals surface area contributed by atoms with Crippen molar-refractivity contribution in [2.75, 3.05) is 6.54 Å². The molecule has 1 aromatic carbocycles. The van der Waals surface area contributed by atoms with Crippen LogP contribution in [0.15, 0.2) is 36.9 Å². The number of nitrogens with zero attached hydrogens (tertiary/aromatic N) is 2. The number of rotatable bonds is 7. The Morgan fingerprint density at radius 1 is 1.00 bits per heavy atom. The molecule has 5 atom stereocenters. The van der Waals surface area contributed by atoms with E-state index in [0.29, 0.717) is 32.4 Å². The van der Waals surface area contributed by atoms with Crippen molar-refractivity contribution in [1.82, 2.24) is 25.2 Å². The third-order valence-electron chi connectivity index (χ3n) is 11.9. The minimum absolute atomic E-state index is 0.0275. The highest BCUT2D eigenvalue weighted by atomic mass is 32.2. The van der Waals surface area contributed by atoms with Gasteiger partial charge in [0, 0.05) is 25.3 Å². The van der Waals surface area contributed by atoms with Crippen molar-refractivity contribution in [3.05, 3.63) is 53.6 Å². The van der Waals surface area contributed by atoms with Gasteiger partial charge < -0.3 is 20.3 Å². The number of hydrogen-bond donors (Lipinski definition) is 3. The van der Waals surface area contributed by atoms with Crippen molar-refractivity contribution in [2.45, 2.75) is 132 Å². The second-order valence-electron chi connectivity index (χ2n) is 15.7. The predicted octanol–water partition coefficient (Wildman–Crippen LogP) is 3.82. The van der Waals surface area contributed by atoms with E-state index in [1.54, 1.807) is 4.90 Å². The summed E-state index contributed by atoms with van der Waals surface area (Å²) in [6, 6.07) is 3.99. The van der Waals surface area contributed by atoms with E-state index < -0.39 is 68.7 Å². The molecule has 0 spiro atoms. The number of benzene rings is 1. The predicted molar refractivity (Wildman–Crippen MR) is 196 cm³/mol. The highest BCUT2D eigenvalue weighted by molar-refractivity contribution is 7.91. The maximum Gasteiger partial charge on any atom is 0.410 e. The van der Waals surface area contributed by atoms with E-state index in [-0.39, 0.29) is 37.6 Å². The summed E-state index contributed by atoms with van der Waals surface area (Å²) < 4.78 is 33.6. The molecular weight excluding hydrogens is 699 g/mol. The highest BCUT2D eigenvalue weighted by Crippen LogP contribution is 2.45. The Morgan fingerprint density at radius 3 is 2.51 bits per heavy atom. The smallest absolute Gasteiger partial charge is 0.410 e. The van der Waals surface area contributed by atoms with Crippen molar-refractivity contribution in [1.29, 1.82) is 0 Å². The Hall–Kier alpha value is -4.20. The van der Waals surface area contributed by atoms with Crippen molar-refractivity contribution in [3.63, 3.8) is 0 Å². The number of allylic oxidation sites excluding steroid dienone is 1.